The normalized spacial score (nSPS) is 19.6. The summed E-state index contributed by atoms with van der Waals surface area (Å²) in [6.45, 7) is 8.15. The first-order valence-electron chi connectivity index (χ1n) is 8.38. The summed E-state index contributed by atoms with van der Waals surface area (Å²) in [6.07, 6.45) is 2.53. The third kappa shape index (κ3) is 4.82. The van der Waals surface area contributed by atoms with E-state index in [0.717, 1.165) is 31.1 Å². The second-order valence-electron chi connectivity index (χ2n) is 6.54. The number of nitrogens with zero attached hydrogens (tertiary/aromatic N) is 1. The van der Waals surface area contributed by atoms with E-state index < -0.39 is 0 Å². The van der Waals surface area contributed by atoms with Crippen molar-refractivity contribution < 1.29 is 4.79 Å². The zero-order chi connectivity index (χ0) is 15.9. The summed E-state index contributed by atoms with van der Waals surface area (Å²) in [5.74, 6) is 0.667. The molecule has 0 saturated carbocycles. The van der Waals surface area contributed by atoms with Gasteiger partial charge >= 0.3 is 0 Å². The third-order valence-electron chi connectivity index (χ3n) is 4.74. The van der Waals surface area contributed by atoms with Gasteiger partial charge in [-0.15, -0.1) is 0 Å². The molecule has 0 spiro atoms. The Morgan fingerprint density at radius 3 is 2.59 bits per heavy atom. The van der Waals surface area contributed by atoms with Crippen molar-refractivity contribution in [3.05, 3.63) is 35.9 Å². The summed E-state index contributed by atoms with van der Waals surface area (Å²) >= 11 is 0. The minimum absolute atomic E-state index is 0.0433. The Balaban J connectivity index is 1.72. The third-order valence-corrected chi connectivity index (χ3v) is 4.74. The number of hydrogen-bond acceptors (Lipinski definition) is 3. The number of benzene rings is 1. The fraction of sp³-hybridized carbons (Fsp3) is 0.611. The summed E-state index contributed by atoms with van der Waals surface area (Å²) < 4.78 is 0. The molecular weight excluding hydrogens is 274 g/mol. The molecule has 2 atom stereocenters. The van der Waals surface area contributed by atoms with Crippen LogP contribution in [0.15, 0.2) is 30.3 Å². The number of carbonyl (C=O) groups is 1. The fourth-order valence-electron chi connectivity index (χ4n) is 2.91. The van der Waals surface area contributed by atoms with Crippen molar-refractivity contribution in [1.29, 1.82) is 0 Å². The molecule has 1 saturated heterocycles. The average molecular weight is 303 g/mol. The van der Waals surface area contributed by atoms with Crippen LogP contribution < -0.4 is 11.1 Å². The van der Waals surface area contributed by atoms with E-state index in [1.807, 2.05) is 37.3 Å². The molecule has 2 unspecified atom stereocenters. The maximum atomic E-state index is 12.2. The van der Waals surface area contributed by atoms with Gasteiger partial charge in [0.05, 0.1) is 5.92 Å². The smallest absolute Gasteiger partial charge is 0.224 e. The minimum atomic E-state index is -0.253. The molecule has 2 rings (SSSR count). The summed E-state index contributed by atoms with van der Waals surface area (Å²) in [5.41, 5.74) is 7.21. The molecule has 0 aromatic heterocycles. The number of amides is 1. The first-order valence-corrected chi connectivity index (χ1v) is 8.38. The van der Waals surface area contributed by atoms with E-state index in [4.69, 9.17) is 5.73 Å². The van der Waals surface area contributed by atoms with Crippen molar-refractivity contribution in [3.63, 3.8) is 0 Å². The lowest BCUT2D eigenvalue weighted by Crippen LogP contribution is -2.42. The van der Waals surface area contributed by atoms with Crippen molar-refractivity contribution in [3.8, 4) is 0 Å². The molecule has 1 fully saturated rings. The van der Waals surface area contributed by atoms with Crippen LogP contribution in [-0.4, -0.2) is 37.0 Å². The molecule has 0 radical (unpaired) electrons. The lowest BCUT2D eigenvalue weighted by molar-refractivity contribution is -0.125. The molecule has 4 heteroatoms. The van der Waals surface area contributed by atoms with Crippen LogP contribution in [0.2, 0.25) is 0 Å². The van der Waals surface area contributed by atoms with Crippen LogP contribution in [0, 0.1) is 11.8 Å². The van der Waals surface area contributed by atoms with Crippen LogP contribution in [-0.2, 0) is 4.79 Å². The van der Waals surface area contributed by atoms with Crippen molar-refractivity contribution in [2.24, 2.45) is 17.6 Å². The van der Waals surface area contributed by atoms with Crippen molar-refractivity contribution >= 4 is 5.91 Å². The Kier molecular flexibility index (Phi) is 6.40. The molecule has 1 amide bonds. The van der Waals surface area contributed by atoms with Gasteiger partial charge in [-0.05, 0) is 37.4 Å². The number of nitrogens with two attached hydrogens (primary N) is 1. The van der Waals surface area contributed by atoms with Gasteiger partial charge in [0.1, 0.15) is 0 Å². The second-order valence-corrected chi connectivity index (χ2v) is 6.54. The predicted octanol–water partition coefficient (Wildman–Crippen LogP) is 2.17. The molecule has 1 aromatic rings. The van der Waals surface area contributed by atoms with Crippen LogP contribution in [0.3, 0.4) is 0 Å². The molecule has 1 aromatic carbocycles. The summed E-state index contributed by atoms with van der Waals surface area (Å²) in [7, 11) is 0. The highest BCUT2D eigenvalue weighted by Crippen LogP contribution is 2.19. The predicted molar refractivity (Wildman–Crippen MR) is 90.4 cm³/mol. The molecule has 0 bridgehead atoms. The van der Waals surface area contributed by atoms with Gasteiger partial charge in [0, 0.05) is 19.1 Å². The molecule has 1 aliphatic rings. The van der Waals surface area contributed by atoms with E-state index in [1.54, 1.807) is 0 Å². The van der Waals surface area contributed by atoms with Gasteiger partial charge in [-0.1, -0.05) is 44.2 Å². The van der Waals surface area contributed by atoms with Crippen LogP contribution in [0.1, 0.15) is 38.3 Å². The van der Waals surface area contributed by atoms with Crippen molar-refractivity contribution in [2.45, 2.75) is 32.7 Å². The van der Waals surface area contributed by atoms with E-state index in [9.17, 15) is 4.79 Å². The van der Waals surface area contributed by atoms with Crippen LogP contribution in [0.25, 0.3) is 0 Å². The SMILES string of the molecule is CC1CCN(CCNC(=O)C(C)C(N)c2ccccc2)CC1. The standard InChI is InChI=1S/C18H29N3O/c1-14-8-11-21(12-9-14)13-10-20-18(22)15(2)17(19)16-6-4-3-5-7-16/h3-7,14-15,17H,8-13,19H2,1-2H3,(H,20,22). The maximum Gasteiger partial charge on any atom is 0.224 e. The van der Waals surface area contributed by atoms with Gasteiger partial charge < -0.3 is 16.0 Å². The fourth-order valence-corrected chi connectivity index (χ4v) is 2.91. The Morgan fingerprint density at radius 1 is 1.32 bits per heavy atom. The molecule has 1 aliphatic heterocycles. The first-order chi connectivity index (χ1) is 10.6. The molecule has 1 heterocycles. The highest BCUT2D eigenvalue weighted by molar-refractivity contribution is 5.79. The van der Waals surface area contributed by atoms with E-state index in [2.05, 4.69) is 17.1 Å². The van der Waals surface area contributed by atoms with Gasteiger partial charge in [0.25, 0.3) is 0 Å². The van der Waals surface area contributed by atoms with E-state index >= 15 is 0 Å². The van der Waals surface area contributed by atoms with Crippen LogP contribution in [0.5, 0.6) is 0 Å². The van der Waals surface area contributed by atoms with Gasteiger partial charge in [0.15, 0.2) is 0 Å². The van der Waals surface area contributed by atoms with Crippen LogP contribution >= 0.6 is 0 Å². The average Bonchev–Trinajstić information content (AvgIpc) is 2.56. The van der Waals surface area contributed by atoms with E-state index in [-0.39, 0.29) is 17.9 Å². The zero-order valence-electron chi connectivity index (χ0n) is 13.8. The largest absolute Gasteiger partial charge is 0.355 e. The number of piperidine rings is 1. The van der Waals surface area contributed by atoms with Gasteiger partial charge in [-0.25, -0.2) is 0 Å². The number of rotatable bonds is 6. The topological polar surface area (TPSA) is 58.4 Å². The van der Waals surface area contributed by atoms with Gasteiger partial charge in [0.2, 0.25) is 5.91 Å². The Hall–Kier alpha value is -1.39. The molecule has 122 valence electrons. The maximum absolute atomic E-state index is 12.2. The van der Waals surface area contributed by atoms with Gasteiger partial charge in [-0.2, -0.15) is 0 Å². The molecule has 3 N–H and O–H groups in total. The summed E-state index contributed by atoms with van der Waals surface area (Å²) in [4.78, 5) is 14.7. The molecule has 0 aliphatic carbocycles. The van der Waals surface area contributed by atoms with Crippen molar-refractivity contribution in [1.82, 2.24) is 10.2 Å². The summed E-state index contributed by atoms with van der Waals surface area (Å²) in [6, 6.07) is 9.57. The van der Waals surface area contributed by atoms with Crippen molar-refractivity contribution in [2.75, 3.05) is 26.2 Å². The van der Waals surface area contributed by atoms with Crippen LogP contribution in [0.4, 0.5) is 0 Å². The molecule has 4 nitrogen and oxygen atoms in total. The lowest BCUT2D eigenvalue weighted by Gasteiger charge is -2.30. The quantitative estimate of drug-likeness (QED) is 0.847. The molecule has 22 heavy (non-hydrogen) atoms. The number of carbonyl (C=O) groups excluding carboxylic acids is 1. The number of likely N-dealkylation sites (tertiary alicyclic amines) is 1. The zero-order valence-corrected chi connectivity index (χ0v) is 13.8. The molecular formula is C18H29N3O. The second kappa shape index (κ2) is 8.30. The number of nitrogens with one attached hydrogen (secondary N) is 1. The van der Waals surface area contributed by atoms with E-state index in [0.29, 0.717) is 6.54 Å². The highest BCUT2D eigenvalue weighted by Gasteiger charge is 2.22. The Morgan fingerprint density at radius 2 is 1.95 bits per heavy atom. The lowest BCUT2D eigenvalue weighted by atomic mass is 9.95. The van der Waals surface area contributed by atoms with Gasteiger partial charge in [-0.3, -0.25) is 4.79 Å². The highest BCUT2D eigenvalue weighted by atomic mass is 16.1. The van der Waals surface area contributed by atoms with E-state index in [1.165, 1.54) is 12.8 Å². The Labute approximate surface area is 134 Å². The number of hydrogen-bond donors (Lipinski definition) is 2. The summed E-state index contributed by atoms with van der Waals surface area (Å²) in [5, 5.41) is 3.03. The minimum Gasteiger partial charge on any atom is -0.355 e. The Bertz CT molecular complexity index is 455. The first kappa shape index (κ1) is 17.0. The monoisotopic (exact) mass is 303 g/mol.